The van der Waals surface area contributed by atoms with Gasteiger partial charge in [0.05, 0.1) is 32.5 Å². The Morgan fingerprint density at radius 2 is 2.15 bits per heavy atom. The van der Waals surface area contributed by atoms with Gasteiger partial charge in [-0.3, -0.25) is 0 Å². The van der Waals surface area contributed by atoms with E-state index in [1.165, 1.54) is 0 Å². The molecule has 0 aliphatic carbocycles. The summed E-state index contributed by atoms with van der Waals surface area (Å²) in [5.74, 6) is 1.61. The maximum absolute atomic E-state index is 6.45. The highest BCUT2D eigenvalue weighted by Gasteiger charge is 2.28. The molecule has 0 amide bonds. The third kappa shape index (κ3) is 2.60. The molecule has 2 heterocycles. The maximum atomic E-state index is 6.45. The monoisotopic (exact) mass is 297 g/mol. The SMILES string of the molecule is CCNC1COCCc2c(Cl)cc3c(c21)OCCCO3. The summed E-state index contributed by atoms with van der Waals surface area (Å²) in [6.07, 6.45) is 1.70. The van der Waals surface area contributed by atoms with Crippen LogP contribution in [0.1, 0.15) is 30.5 Å². The van der Waals surface area contributed by atoms with Crippen LogP contribution in [0.3, 0.4) is 0 Å². The van der Waals surface area contributed by atoms with Crippen LogP contribution in [-0.4, -0.2) is 33.0 Å². The Labute approximate surface area is 124 Å². The number of hydrogen-bond acceptors (Lipinski definition) is 4. The Balaban J connectivity index is 2.13. The fraction of sp³-hybridized carbons (Fsp3) is 0.600. The summed E-state index contributed by atoms with van der Waals surface area (Å²) in [5, 5.41) is 4.21. The number of likely N-dealkylation sites (N-methyl/N-ethyl adjacent to an activating group) is 1. The molecule has 1 unspecified atom stereocenters. The standard InChI is InChI=1S/C15H20ClNO3/c1-2-17-12-9-18-7-4-10-11(16)8-13-15(14(10)12)20-6-3-5-19-13/h8,12,17H,2-7,9H2,1H3. The van der Waals surface area contributed by atoms with E-state index < -0.39 is 0 Å². The largest absolute Gasteiger partial charge is 0.489 e. The van der Waals surface area contributed by atoms with E-state index in [1.54, 1.807) is 0 Å². The molecule has 2 aliphatic heterocycles. The summed E-state index contributed by atoms with van der Waals surface area (Å²) in [7, 11) is 0. The predicted octanol–water partition coefficient (Wildman–Crippen LogP) is 2.72. The Bertz CT molecular complexity index is 492. The fourth-order valence-corrected chi connectivity index (χ4v) is 3.12. The van der Waals surface area contributed by atoms with E-state index in [1.807, 2.05) is 6.07 Å². The summed E-state index contributed by atoms with van der Waals surface area (Å²) >= 11 is 6.45. The van der Waals surface area contributed by atoms with Gasteiger partial charge in [0.25, 0.3) is 0 Å². The van der Waals surface area contributed by atoms with E-state index >= 15 is 0 Å². The molecule has 4 nitrogen and oxygen atoms in total. The van der Waals surface area contributed by atoms with Crippen molar-refractivity contribution >= 4 is 11.6 Å². The summed E-state index contributed by atoms with van der Waals surface area (Å²) < 4.78 is 17.4. The zero-order valence-corrected chi connectivity index (χ0v) is 12.5. The summed E-state index contributed by atoms with van der Waals surface area (Å²) in [4.78, 5) is 0. The molecule has 2 aliphatic rings. The van der Waals surface area contributed by atoms with Gasteiger partial charge in [-0.1, -0.05) is 18.5 Å². The van der Waals surface area contributed by atoms with Gasteiger partial charge in [0.1, 0.15) is 0 Å². The zero-order chi connectivity index (χ0) is 13.9. The maximum Gasteiger partial charge on any atom is 0.166 e. The molecule has 1 aromatic rings. The normalized spacial score (nSPS) is 21.8. The van der Waals surface area contributed by atoms with E-state index in [-0.39, 0.29) is 6.04 Å². The predicted molar refractivity (Wildman–Crippen MR) is 78.0 cm³/mol. The lowest BCUT2D eigenvalue weighted by Crippen LogP contribution is -2.25. The molecule has 0 radical (unpaired) electrons. The molecular formula is C15H20ClNO3. The van der Waals surface area contributed by atoms with Gasteiger partial charge in [-0.2, -0.15) is 0 Å². The lowest BCUT2D eigenvalue weighted by molar-refractivity contribution is 0.121. The van der Waals surface area contributed by atoms with Gasteiger partial charge in [-0.05, 0) is 18.5 Å². The molecule has 0 saturated carbocycles. The van der Waals surface area contributed by atoms with Gasteiger partial charge in [-0.15, -0.1) is 0 Å². The van der Waals surface area contributed by atoms with Gasteiger partial charge in [0.15, 0.2) is 11.5 Å². The minimum absolute atomic E-state index is 0.103. The van der Waals surface area contributed by atoms with E-state index in [0.717, 1.165) is 47.0 Å². The minimum Gasteiger partial charge on any atom is -0.489 e. The summed E-state index contributed by atoms with van der Waals surface area (Å²) in [6, 6.07) is 1.99. The molecule has 110 valence electrons. The van der Waals surface area contributed by atoms with Crippen molar-refractivity contribution in [2.24, 2.45) is 0 Å². The lowest BCUT2D eigenvalue weighted by atomic mass is 9.97. The molecule has 0 aromatic heterocycles. The van der Waals surface area contributed by atoms with Crippen molar-refractivity contribution in [3.8, 4) is 11.5 Å². The number of fused-ring (bicyclic) bond motifs is 3. The molecule has 1 atom stereocenters. The van der Waals surface area contributed by atoms with Crippen molar-refractivity contribution in [2.75, 3.05) is 33.0 Å². The lowest BCUT2D eigenvalue weighted by Gasteiger charge is -2.23. The van der Waals surface area contributed by atoms with Crippen LogP contribution in [0.4, 0.5) is 0 Å². The third-order valence-electron chi connectivity index (χ3n) is 3.71. The minimum atomic E-state index is 0.103. The highest BCUT2D eigenvalue weighted by molar-refractivity contribution is 6.31. The van der Waals surface area contributed by atoms with E-state index in [4.69, 9.17) is 25.8 Å². The first-order valence-corrected chi connectivity index (χ1v) is 7.61. The van der Waals surface area contributed by atoms with Crippen molar-refractivity contribution in [3.05, 3.63) is 22.2 Å². The Kier molecular flexibility index (Phi) is 4.34. The highest BCUT2D eigenvalue weighted by Crippen LogP contribution is 2.43. The second kappa shape index (κ2) is 6.20. The van der Waals surface area contributed by atoms with Gasteiger partial charge in [-0.25, -0.2) is 0 Å². The third-order valence-corrected chi connectivity index (χ3v) is 4.05. The van der Waals surface area contributed by atoms with Gasteiger partial charge in [0.2, 0.25) is 0 Å². The zero-order valence-electron chi connectivity index (χ0n) is 11.7. The van der Waals surface area contributed by atoms with Gasteiger partial charge in [0, 0.05) is 23.1 Å². The second-order valence-electron chi connectivity index (χ2n) is 5.06. The molecule has 0 fully saturated rings. The number of ether oxygens (including phenoxy) is 3. The highest BCUT2D eigenvalue weighted by atomic mass is 35.5. The van der Waals surface area contributed by atoms with Crippen LogP contribution in [0.25, 0.3) is 0 Å². The molecule has 1 N–H and O–H groups in total. The molecule has 0 bridgehead atoms. The van der Waals surface area contributed by atoms with Crippen LogP contribution in [0.15, 0.2) is 6.07 Å². The summed E-state index contributed by atoms with van der Waals surface area (Å²) in [5.41, 5.74) is 2.24. The number of rotatable bonds is 2. The second-order valence-corrected chi connectivity index (χ2v) is 5.47. The van der Waals surface area contributed by atoms with Crippen LogP contribution in [0.2, 0.25) is 5.02 Å². The molecule has 5 heteroatoms. The molecule has 0 saturated heterocycles. The Hall–Kier alpha value is -0.970. The molecule has 20 heavy (non-hydrogen) atoms. The quantitative estimate of drug-likeness (QED) is 0.911. The molecule has 1 aromatic carbocycles. The smallest absolute Gasteiger partial charge is 0.166 e. The van der Waals surface area contributed by atoms with E-state index in [2.05, 4.69) is 12.2 Å². The first-order valence-electron chi connectivity index (χ1n) is 7.23. The fourth-order valence-electron chi connectivity index (χ4n) is 2.83. The number of hydrogen-bond donors (Lipinski definition) is 1. The van der Waals surface area contributed by atoms with Crippen molar-refractivity contribution in [1.29, 1.82) is 0 Å². The molecule has 3 rings (SSSR count). The van der Waals surface area contributed by atoms with Crippen LogP contribution in [-0.2, 0) is 11.2 Å². The number of nitrogens with one attached hydrogen (secondary N) is 1. The first-order chi connectivity index (χ1) is 9.81. The Morgan fingerprint density at radius 3 is 3.00 bits per heavy atom. The summed E-state index contributed by atoms with van der Waals surface area (Å²) in [6.45, 7) is 5.64. The van der Waals surface area contributed by atoms with Crippen LogP contribution >= 0.6 is 11.6 Å². The topological polar surface area (TPSA) is 39.7 Å². The number of halogens is 1. The average Bonchev–Trinajstić information content (AvgIpc) is 2.78. The first kappa shape index (κ1) is 14.0. The van der Waals surface area contributed by atoms with Crippen LogP contribution < -0.4 is 14.8 Å². The van der Waals surface area contributed by atoms with Crippen LogP contribution in [0.5, 0.6) is 11.5 Å². The van der Waals surface area contributed by atoms with Crippen molar-refractivity contribution < 1.29 is 14.2 Å². The molecule has 0 spiro atoms. The average molecular weight is 298 g/mol. The van der Waals surface area contributed by atoms with Gasteiger partial charge < -0.3 is 19.5 Å². The van der Waals surface area contributed by atoms with Crippen molar-refractivity contribution in [1.82, 2.24) is 5.32 Å². The number of benzene rings is 1. The Morgan fingerprint density at radius 1 is 1.30 bits per heavy atom. The van der Waals surface area contributed by atoms with Crippen molar-refractivity contribution in [3.63, 3.8) is 0 Å². The van der Waals surface area contributed by atoms with E-state index in [0.29, 0.717) is 26.4 Å². The van der Waals surface area contributed by atoms with Crippen LogP contribution in [0, 0.1) is 0 Å². The van der Waals surface area contributed by atoms with Crippen molar-refractivity contribution in [2.45, 2.75) is 25.8 Å². The van der Waals surface area contributed by atoms with E-state index in [9.17, 15) is 0 Å². The van der Waals surface area contributed by atoms with Gasteiger partial charge >= 0.3 is 0 Å². The molecular weight excluding hydrogens is 278 g/mol.